The first-order valence-electron chi connectivity index (χ1n) is 1.99. The molecule has 2 heteroatoms. The van der Waals surface area contributed by atoms with E-state index in [1.165, 1.54) is 0 Å². The van der Waals surface area contributed by atoms with Crippen molar-refractivity contribution < 1.29 is 0 Å². The van der Waals surface area contributed by atoms with Crippen LogP contribution >= 0.6 is 11.8 Å². The average molecular weight is 101 g/mol. The van der Waals surface area contributed by atoms with E-state index in [4.69, 9.17) is 0 Å². The average Bonchev–Trinajstić information content (AvgIpc) is 1.72. The van der Waals surface area contributed by atoms with Gasteiger partial charge in [0.15, 0.2) is 0 Å². The van der Waals surface area contributed by atoms with Crippen LogP contribution in [0, 0.1) is 6.42 Å². The van der Waals surface area contributed by atoms with E-state index >= 15 is 0 Å². The van der Waals surface area contributed by atoms with Crippen molar-refractivity contribution in [1.29, 1.82) is 0 Å². The van der Waals surface area contributed by atoms with Gasteiger partial charge in [0.1, 0.15) is 0 Å². The lowest BCUT2D eigenvalue weighted by Gasteiger charge is -2.07. The third kappa shape index (κ3) is 1.19. The smallest absolute Gasteiger partial charge is 0.0418 e. The molecule has 1 N–H and O–H groups in total. The molecule has 0 bridgehead atoms. The van der Waals surface area contributed by atoms with Crippen LogP contribution in [0.25, 0.3) is 0 Å². The molecule has 34 valence electrons. The Morgan fingerprint density at radius 2 is 2.67 bits per heavy atom. The van der Waals surface area contributed by atoms with Gasteiger partial charge in [0.2, 0.25) is 0 Å². The zero-order valence-electron chi connectivity index (χ0n) is 3.53. The van der Waals surface area contributed by atoms with E-state index in [-0.39, 0.29) is 0 Å². The molecule has 0 aromatic heterocycles. The maximum absolute atomic E-state index is 3.14. The summed E-state index contributed by atoms with van der Waals surface area (Å²) in [5.41, 5.74) is 0. The Balaban J connectivity index is 2.00. The SMILES string of the molecule is [C]1CNCSC1. The molecule has 1 aliphatic heterocycles. The topological polar surface area (TPSA) is 12.0 Å². The van der Waals surface area contributed by atoms with Crippen LogP contribution in [-0.4, -0.2) is 18.2 Å². The lowest BCUT2D eigenvalue weighted by molar-refractivity contribution is 0.837. The van der Waals surface area contributed by atoms with Gasteiger partial charge in [0, 0.05) is 24.6 Å². The second-order valence-electron chi connectivity index (χ2n) is 1.17. The predicted octanol–water partition coefficient (Wildman–Crippen LogP) is 0.362. The normalized spacial score (nSPS) is 24.0. The first-order chi connectivity index (χ1) is 3.00. The van der Waals surface area contributed by atoms with E-state index in [2.05, 4.69) is 11.7 Å². The van der Waals surface area contributed by atoms with Crippen LogP contribution in [0.2, 0.25) is 0 Å². The van der Waals surface area contributed by atoms with E-state index in [1.807, 2.05) is 11.8 Å². The van der Waals surface area contributed by atoms with E-state index in [0.717, 1.165) is 18.2 Å². The lowest BCUT2D eigenvalue weighted by atomic mass is 10.5. The Kier molecular flexibility index (Phi) is 1.85. The molecule has 1 saturated heterocycles. The molecule has 2 radical (unpaired) electrons. The first kappa shape index (κ1) is 4.47. The summed E-state index contributed by atoms with van der Waals surface area (Å²) in [6.45, 7) is 0.979. The van der Waals surface area contributed by atoms with Crippen LogP contribution in [0.15, 0.2) is 0 Å². The zero-order valence-corrected chi connectivity index (χ0v) is 4.35. The summed E-state index contributed by atoms with van der Waals surface area (Å²) in [5, 5.41) is 3.14. The molecule has 0 saturated carbocycles. The van der Waals surface area contributed by atoms with Gasteiger partial charge in [-0.2, -0.15) is 0 Å². The van der Waals surface area contributed by atoms with Crippen molar-refractivity contribution in [3.8, 4) is 0 Å². The molecule has 1 aliphatic rings. The van der Waals surface area contributed by atoms with Gasteiger partial charge in [-0.05, 0) is 0 Å². The van der Waals surface area contributed by atoms with Crippen molar-refractivity contribution in [1.82, 2.24) is 5.32 Å². The Morgan fingerprint density at radius 1 is 1.67 bits per heavy atom. The van der Waals surface area contributed by atoms with Crippen LogP contribution < -0.4 is 5.32 Å². The van der Waals surface area contributed by atoms with Crippen molar-refractivity contribution in [3.05, 3.63) is 6.42 Å². The van der Waals surface area contributed by atoms with Crippen molar-refractivity contribution >= 4 is 11.8 Å². The number of rotatable bonds is 0. The van der Waals surface area contributed by atoms with Crippen LogP contribution in [0.3, 0.4) is 0 Å². The molecule has 0 aliphatic carbocycles. The Hall–Kier alpha value is 0.310. The maximum atomic E-state index is 3.14. The number of nitrogens with one attached hydrogen (secondary N) is 1. The summed E-state index contributed by atoms with van der Waals surface area (Å²) >= 11 is 1.87. The van der Waals surface area contributed by atoms with Gasteiger partial charge >= 0.3 is 0 Å². The molecule has 0 spiro atoms. The van der Waals surface area contributed by atoms with Crippen molar-refractivity contribution in [2.24, 2.45) is 0 Å². The Bertz CT molecular complexity index is 23.0. The fourth-order valence-electron chi connectivity index (χ4n) is 0.386. The molecular weight excluding hydrogens is 94.1 g/mol. The molecular formula is C4H7NS. The van der Waals surface area contributed by atoms with Crippen LogP contribution in [0.1, 0.15) is 0 Å². The van der Waals surface area contributed by atoms with Gasteiger partial charge in [-0.1, -0.05) is 0 Å². The molecule has 1 rings (SSSR count). The van der Waals surface area contributed by atoms with E-state index < -0.39 is 0 Å². The molecule has 0 amide bonds. The summed E-state index contributed by atoms with van der Waals surface area (Å²) in [5.74, 6) is 2.21. The minimum Gasteiger partial charge on any atom is -0.307 e. The van der Waals surface area contributed by atoms with E-state index in [1.54, 1.807) is 0 Å². The van der Waals surface area contributed by atoms with E-state index in [0.29, 0.717) is 0 Å². The van der Waals surface area contributed by atoms with Gasteiger partial charge in [-0.3, -0.25) is 0 Å². The highest BCUT2D eigenvalue weighted by molar-refractivity contribution is 7.99. The van der Waals surface area contributed by atoms with Gasteiger partial charge in [0.05, 0.1) is 0 Å². The van der Waals surface area contributed by atoms with Gasteiger partial charge in [0.25, 0.3) is 0 Å². The standard InChI is InChI=1S/C4H7NS/c1-2-5-4-6-3-1/h5H,2-4H2. The summed E-state index contributed by atoms with van der Waals surface area (Å²) in [7, 11) is 0. The monoisotopic (exact) mass is 101 g/mol. The molecule has 1 heterocycles. The lowest BCUT2D eigenvalue weighted by Crippen LogP contribution is -2.20. The Morgan fingerprint density at radius 3 is 2.83 bits per heavy atom. The summed E-state index contributed by atoms with van der Waals surface area (Å²) in [6, 6.07) is 0. The predicted molar refractivity (Wildman–Crippen MR) is 28.6 cm³/mol. The molecule has 0 atom stereocenters. The van der Waals surface area contributed by atoms with E-state index in [9.17, 15) is 0 Å². The van der Waals surface area contributed by atoms with Gasteiger partial charge < -0.3 is 5.32 Å². The second kappa shape index (κ2) is 2.48. The zero-order chi connectivity index (χ0) is 4.24. The van der Waals surface area contributed by atoms with Crippen molar-refractivity contribution in [3.63, 3.8) is 0 Å². The molecule has 6 heavy (non-hydrogen) atoms. The molecule has 0 unspecified atom stereocenters. The van der Waals surface area contributed by atoms with Crippen LogP contribution in [-0.2, 0) is 0 Å². The molecule has 1 nitrogen and oxygen atoms in total. The highest BCUT2D eigenvalue weighted by Crippen LogP contribution is 2.01. The second-order valence-corrected chi connectivity index (χ2v) is 2.16. The van der Waals surface area contributed by atoms with Gasteiger partial charge in [-0.25, -0.2) is 0 Å². The highest BCUT2D eigenvalue weighted by Gasteiger charge is 1.94. The number of hydrogen-bond donors (Lipinski definition) is 1. The third-order valence-corrected chi connectivity index (χ3v) is 1.47. The third-order valence-electron chi connectivity index (χ3n) is 0.658. The molecule has 0 aromatic carbocycles. The summed E-state index contributed by atoms with van der Waals surface area (Å²) < 4.78 is 0. The van der Waals surface area contributed by atoms with Crippen molar-refractivity contribution in [2.75, 3.05) is 18.2 Å². The minimum absolute atomic E-state index is 0.979. The number of thioether (sulfide) groups is 1. The first-order valence-corrected chi connectivity index (χ1v) is 3.15. The summed E-state index contributed by atoms with van der Waals surface area (Å²) in [6.07, 6.45) is 3.14. The largest absolute Gasteiger partial charge is 0.307 e. The Labute approximate surface area is 42.5 Å². The number of hydrogen-bond acceptors (Lipinski definition) is 2. The van der Waals surface area contributed by atoms with Crippen LogP contribution in [0.4, 0.5) is 0 Å². The fraction of sp³-hybridized carbons (Fsp3) is 0.750. The maximum Gasteiger partial charge on any atom is 0.0418 e. The van der Waals surface area contributed by atoms with Gasteiger partial charge in [-0.15, -0.1) is 11.8 Å². The molecule has 0 aromatic rings. The highest BCUT2D eigenvalue weighted by atomic mass is 32.2. The molecule has 1 fully saturated rings. The minimum atomic E-state index is 0.979. The van der Waals surface area contributed by atoms with Crippen molar-refractivity contribution in [2.45, 2.75) is 0 Å². The fourth-order valence-corrected chi connectivity index (χ4v) is 0.981. The van der Waals surface area contributed by atoms with Crippen LogP contribution in [0.5, 0.6) is 0 Å². The summed E-state index contributed by atoms with van der Waals surface area (Å²) in [4.78, 5) is 0. The quantitative estimate of drug-likeness (QED) is 0.473.